The molecule has 136 valence electrons. The van der Waals surface area contributed by atoms with Crippen LogP contribution in [0.5, 0.6) is 0 Å². The van der Waals surface area contributed by atoms with E-state index in [9.17, 15) is 14.9 Å². The van der Waals surface area contributed by atoms with Gasteiger partial charge < -0.3 is 9.15 Å². The van der Waals surface area contributed by atoms with Crippen LogP contribution < -0.4 is 5.43 Å². The Bertz CT molecular complexity index is 995. The highest BCUT2D eigenvalue weighted by Gasteiger charge is 2.13. The van der Waals surface area contributed by atoms with Crippen molar-refractivity contribution in [1.29, 1.82) is 0 Å². The molecule has 0 unspecified atom stereocenters. The lowest BCUT2D eigenvalue weighted by Crippen LogP contribution is -2.00. The number of nitrogens with zero attached hydrogens (tertiary/aromatic N) is 3. The molecular weight excluding hydrogens is 352 g/mol. The Labute approximate surface area is 153 Å². The largest absolute Gasteiger partial charge is 0.465 e. The van der Waals surface area contributed by atoms with Crippen molar-refractivity contribution in [2.75, 3.05) is 12.5 Å². The van der Waals surface area contributed by atoms with Crippen molar-refractivity contribution >= 4 is 23.7 Å². The van der Waals surface area contributed by atoms with Gasteiger partial charge in [0.1, 0.15) is 11.5 Å². The lowest BCUT2D eigenvalue weighted by Gasteiger charge is -2.00. The van der Waals surface area contributed by atoms with Gasteiger partial charge in [0.25, 0.3) is 0 Å². The summed E-state index contributed by atoms with van der Waals surface area (Å²) in [7, 11) is 1.32. The second kappa shape index (κ2) is 7.91. The summed E-state index contributed by atoms with van der Waals surface area (Å²) in [6.07, 6.45) is 2.80. The fraction of sp³-hybridized carbons (Fsp3) is 0.0556. The predicted molar refractivity (Wildman–Crippen MR) is 97.6 cm³/mol. The molecule has 0 aliphatic heterocycles. The summed E-state index contributed by atoms with van der Waals surface area (Å²) in [5, 5.41) is 14.8. The van der Waals surface area contributed by atoms with Crippen molar-refractivity contribution < 1.29 is 18.9 Å². The fourth-order valence-corrected chi connectivity index (χ4v) is 2.25. The number of esters is 1. The second-order valence-electron chi connectivity index (χ2n) is 5.27. The van der Waals surface area contributed by atoms with Crippen molar-refractivity contribution in [2.24, 2.45) is 5.10 Å². The first-order chi connectivity index (χ1) is 13.1. The summed E-state index contributed by atoms with van der Waals surface area (Å²) < 4.78 is 10.3. The minimum atomic E-state index is -0.548. The van der Waals surface area contributed by atoms with Gasteiger partial charge in [0.15, 0.2) is 0 Å². The molecule has 0 saturated carbocycles. The molecule has 0 aliphatic carbocycles. The van der Waals surface area contributed by atoms with Crippen LogP contribution in [-0.2, 0) is 4.74 Å². The Morgan fingerprint density at radius 3 is 2.74 bits per heavy atom. The Hall–Kier alpha value is -4.01. The lowest BCUT2D eigenvalue weighted by atomic mass is 10.1. The van der Waals surface area contributed by atoms with Gasteiger partial charge in [0.2, 0.25) is 5.82 Å². The number of ether oxygens (including phenoxy) is 1. The molecule has 1 N–H and O–H groups in total. The molecule has 9 heteroatoms. The minimum absolute atomic E-state index is 0.0314. The van der Waals surface area contributed by atoms with Crippen molar-refractivity contribution in [2.45, 2.75) is 0 Å². The van der Waals surface area contributed by atoms with Gasteiger partial charge in [-0.25, -0.2) is 9.78 Å². The average Bonchev–Trinajstić information content (AvgIpc) is 3.16. The number of nitrogens with one attached hydrogen (secondary N) is 1. The number of pyridine rings is 1. The molecule has 27 heavy (non-hydrogen) atoms. The summed E-state index contributed by atoms with van der Waals surface area (Å²) in [5.41, 5.74) is 3.56. The Morgan fingerprint density at radius 2 is 2.04 bits per heavy atom. The van der Waals surface area contributed by atoms with E-state index in [1.807, 2.05) is 0 Å². The second-order valence-corrected chi connectivity index (χ2v) is 5.27. The van der Waals surface area contributed by atoms with Gasteiger partial charge in [-0.2, -0.15) is 5.10 Å². The summed E-state index contributed by atoms with van der Waals surface area (Å²) in [5.74, 6) is 0.636. The monoisotopic (exact) mass is 366 g/mol. The maximum atomic E-state index is 11.4. The molecule has 0 radical (unpaired) electrons. The smallest absolute Gasteiger partial charge is 0.337 e. The molecule has 0 fully saturated rings. The number of hydrogen-bond acceptors (Lipinski definition) is 8. The van der Waals surface area contributed by atoms with Gasteiger partial charge in [-0.15, -0.1) is 0 Å². The molecule has 9 nitrogen and oxygen atoms in total. The summed E-state index contributed by atoms with van der Waals surface area (Å²) in [6, 6.07) is 13.0. The number of methoxy groups -OCH3 is 1. The number of furan rings is 1. The van der Waals surface area contributed by atoms with E-state index in [0.717, 1.165) is 5.56 Å². The van der Waals surface area contributed by atoms with Gasteiger partial charge in [0.05, 0.1) is 23.8 Å². The van der Waals surface area contributed by atoms with E-state index in [2.05, 4.69) is 20.2 Å². The van der Waals surface area contributed by atoms with E-state index in [1.54, 1.807) is 36.4 Å². The van der Waals surface area contributed by atoms with E-state index in [-0.39, 0.29) is 11.5 Å². The molecular formula is C18H14N4O5. The van der Waals surface area contributed by atoms with Crippen LogP contribution in [0.1, 0.15) is 16.1 Å². The maximum Gasteiger partial charge on any atom is 0.337 e. The van der Waals surface area contributed by atoms with Crippen LogP contribution in [-0.4, -0.2) is 29.2 Å². The Morgan fingerprint density at radius 1 is 1.26 bits per heavy atom. The summed E-state index contributed by atoms with van der Waals surface area (Å²) in [4.78, 5) is 25.7. The van der Waals surface area contributed by atoms with Crippen LogP contribution >= 0.6 is 0 Å². The number of carbonyl (C=O) groups excluding carboxylic acids is 1. The van der Waals surface area contributed by atoms with Crippen LogP contribution in [0, 0.1) is 10.1 Å². The third-order valence-corrected chi connectivity index (χ3v) is 3.56. The number of nitro groups is 1. The summed E-state index contributed by atoms with van der Waals surface area (Å²) >= 11 is 0. The molecule has 0 bridgehead atoms. The van der Waals surface area contributed by atoms with Crippen molar-refractivity contribution in [1.82, 2.24) is 4.98 Å². The minimum Gasteiger partial charge on any atom is -0.465 e. The van der Waals surface area contributed by atoms with Gasteiger partial charge in [-0.05, 0) is 30.3 Å². The number of anilines is 1. The van der Waals surface area contributed by atoms with Crippen molar-refractivity contribution in [3.8, 4) is 11.3 Å². The Balaban J connectivity index is 1.70. The molecule has 2 aromatic heterocycles. The number of benzene rings is 1. The van der Waals surface area contributed by atoms with Crippen molar-refractivity contribution in [3.63, 3.8) is 0 Å². The molecule has 0 atom stereocenters. The number of hydrazone groups is 1. The zero-order chi connectivity index (χ0) is 19.2. The van der Waals surface area contributed by atoms with E-state index < -0.39 is 10.9 Å². The SMILES string of the molecule is COC(=O)c1ccc(-c2ccc(/C=N\Nc3ncccc3[N+](=O)[O-])o2)cc1. The highest BCUT2D eigenvalue weighted by molar-refractivity contribution is 5.89. The molecule has 0 saturated heterocycles. The molecule has 0 amide bonds. The van der Waals surface area contributed by atoms with Crippen molar-refractivity contribution in [3.05, 3.63) is 76.2 Å². The zero-order valence-corrected chi connectivity index (χ0v) is 14.2. The number of aromatic nitrogens is 1. The van der Waals surface area contributed by atoms with Gasteiger partial charge in [0, 0.05) is 17.8 Å². The third-order valence-electron chi connectivity index (χ3n) is 3.56. The lowest BCUT2D eigenvalue weighted by molar-refractivity contribution is -0.384. The highest BCUT2D eigenvalue weighted by Crippen LogP contribution is 2.23. The van der Waals surface area contributed by atoms with E-state index >= 15 is 0 Å². The number of rotatable bonds is 6. The molecule has 3 aromatic rings. The zero-order valence-electron chi connectivity index (χ0n) is 14.2. The van der Waals surface area contributed by atoms with Crippen LogP contribution in [0.25, 0.3) is 11.3 Å². The number of hydrogen-bond donors (Lipinski definition) is 1. The normalized spacial score (nSPS) is 10.7. The summed E-state index contributed by atoms with van der Waals surface area (Å²) in [6.45, 7) is 0. The van der Waals surface area contributed by atoms with Gasteiger partial charge >= 0.3 is 11.7 Å². The first kappa shape index (κ1) is 17.8. The maximum absolute atomic E-state index is 11.4. The van der Waals surface area contributed by atoms with Gasteiger partial charge in [-0.1, -0.05) is 12.1 Å². The van der Waals surface area contributed by atoms with Gasteiger partial charge in [-0.3, -0.25) is 15.5 Å². The molecule has 3 rings (SSSR count). The predicted octanol–water partition coefficient (Wildman–Crippen LogP) is 3.48. The molecule has 0 spiro atoms. The van der Waals surface area contributed by atoms with E-state index in [0.29, 0.717) is 17.1 Å². The standard InChI is InChI=1S/C18H14N4O5/c1-26-18(23)13-6-4-12(5-7-13)16-9-8-14(27-16)11-20-21-17-15(22(24)25)3-2-10-19-17/h2-11H,1H3,(H,19,21)/b20-11-. The highest BCUT2D eigenvalue weighted by atomic mass is 16.6. The Kier molecular flexibility index (Phi) is 5.22. The average molecular weight is 366 g/mol. The molecule has 0 aliphatic rings. The quantitative estimate of drug-likeness (QED) is 0.307. The third kappa shape index (κ3) is 4.15. The molecule has 2 heterocycles. The van der Waals surface area contributed by atoms with Crippen LogP contribution in [0.4, 0.5) is 11.5 Å². The van der Waals surface area contributed by atoms with E-state index in [1.165, 1.54) is 31.7 Å². The fourth-order valence-electron chi connectivity index (χ4n) is 2.25. The van der Waals surface area contributed by atoms with Crippen LogP contribution in [0.15, 0.2) is 64.2 Å². The first-order valence-electron chi connectivity index (χ1n) is 7.75. The van der Waals surface area contributed by atoms with Crippen LogP contribution in [0.2, 0.25) is 0 Å². The van der Waals surface area contributed by atoms with E-state index in [4.69, 9.17) is 4.42 Å². The molecule has 1 aromatic carbocycles. The van der Waals surface area contributed by atoms with Crippen LogP contribution in [0.3, 0.4) is 0 Å². The number of carbonyl (C=O) groups is 1. The first-order valence-corrected chi connectivity index (χ1v) is 7.75. The topological polar surface area (TPSA) is 120 Å².